The van der Waals surface area contributed by atoms with Gasteiger partial charge in [-0.3, -0.25) is 9.59 Å². The molecule has 4 heterocycles. The fourth-order valence-corrected chi connectivity index (χ4v) is 4.35. The van der Waals surface area contributed by atoms with Crippen LogP contribution in [0.15, 0.2) is 47.5 Å². The van der Waals surface area contributed by atoms with Crippen molar-refractivity contribution in [3.05, 3.63) is 58.6 Å². The molecule has 6 nitrogen and oxygen atoms in total. The van der Waals surface area contributed by atoms with Gasteiger partial charge >= 0.3 is 0 Å². The Morgan fingerprint density at radius 1 is 1.22 bits per heavy atom. The molecule has 0 aliphatic carbocycles. The van der Waals surface area contributed by atoms with Gasteiger partial charge in [-0.15, -0.1) is 11.3 Å². The number of piperidine rings is 1. The minimum Gasteiger partial charge on any atom is -0.472 e. The van der Waals surface area contributed by atoms with Gasteiger partial charge in [0, 0.05) is 42.0 Å². The second-order valence-electron chi connectivity index (χ2n) is 6.44. The van der Waals surface area contributed by atoms with Gasteiger partial charge in [-0.1, -0.05) is 11.6 Å². The number of nitrogens with one attached hydrogen (secondary N) is 2. The Hall–Kier alpha value is -2.51. The summed E-state index contributed by atoms with van der Waals surface area (Å²) in [6, 6.07) is 5.44. The van der Waals surface area contributed by atoms with Crippen LogP contribution in [0.25, 0.3) is 10.4 Å². The molecule has 1 saturated heterocycles. The summed E-state index contributed by atoms with van der Waals surface area (Å²) in [5.74, 6) is -0.147. The van der Waals surface area contributed by atoms with Gasteiger partial charge in [-0.05, 0) is 31.0 Å². The fraction of sp³-hybridized carbons (Fsp3) is 0.263. The summed E-state index contributed by atoms with van der Waals surface area (Å²) in [7, 11) is 0. The topological polar surface area (TPSA) is 78.3 Å². The van der Waals surface area contributed by atoms with Crippen LogP contribution in [0.1, 0.15) is 33.6 Å². The van der Waals surface area contributed by atoms with Crippen LogP contribution in [0.5, 0.6) is 0 Å². The lowest BCUT2D eigenvalue weighted by Gasteiger charge is -2.32. The highest BCUT2D eigenvalue weighted by Gasteiger charge is 2.26. The lowest BCUT2D eigenvalue weighted by atomic mass is 10.0. The zero-order chi connectivity index (χ0) is 18.8. The lowest BCUT2D eigenvalue weighted by molar-refractivity contribution is 0.0697. The number of carbonyl (C=O) groups excluding carboxylic acids is 2. The summed E-state index contributed by atoms with van der Waals surface area (Å²) in [4.78, 5) is 30.8. The Kier molecular flexibility index (Phi) is 5.05. The smallest absolute Gasteiger partial charge is 0.257 e. The van der Waals surface area contributed by atoms with Crippen LogP contribution in [0, 0.1) is 0 Å². The van der Waals surface area contributed by atoms with E-state index in [1.54, 1.807) is 17.2 Å². The molecule has 1 aliphatic rings. The Balaban J connectivity index is 1.37. The van der Waals surface area contributed by atoms with Crippen molar-refractivity contribution in [3.8, 4) is 10.4 Å². The first-order valence-electron chi connectivity index (χ1n) is 8.66. The molecule has 3 aromatic rings. The number of furan rings is 1. The van der Waals surface area contributed by atoms with Crippen LogP contribution in [0.2, 0.25) is 4.34 Å². The molecule has 0 aromatic carbocycles. The Labute approximate surface area is 165 Å². The van der Waals surface area contributed by atoms with Crippen LogP contribution in [0.4, 0.5) is 0 Å². The maximum Gasteiger partial charge on any atom is 0.257 e. The number of hydrogen-bond donors (Lipinski definition) is 2. The second kappa shape index (κ2) is 7.62. The third kappa shape index (κ3) is 3.79. The van der Waals surface area contributed by atoms with Gasteiger partial charge in [0.2, 0.25) is 0 Å². The average molecular weight is 404 g/mol. The van der Waals surface area contributed by atoms with Crippen molar-refractivity contribution in [1.29, 1.82) is 0 Å². The largest absolute Gasteiger partial charge is 0.472 e. The molecule has 27 heavy (non-hydrogen) atoms. The predicted octanol–water partition coefficient (Wildman–Crippen LogP) is 4.02. The number of nitrogens with zero attached hydrogens (tertiary/aromatic N) is 1. The molecule has 0 atom stereocenters. The van der Waals surface area contributed by atoms with Crippen LogP contribution in [-0.2, 0) is 0 Å². The van der Waals surface area contributed by atoms with E-state index in [-0.39, 0.29) is 17.9 Å². The molecule has 4 rings (SSSR count). The SMILES string of the molecule is O=C(NC1CCN(C(=O)c2ccoc2)CC1)c1c[nH]cc1-c1ccc(Cl)s1. The maximum absolute atomic E-state index is 12.7. The first-order valence-corrected chi connectivity index (χ1v) is 9.86. The quantitative estimate of drug-likeness (QED) is 0.690. The van der Waals surface area contributed by atoms with Crippen LogP contribution in [-0.4, -0.2) is 40.8 Å². The molecule has 0 radical (unpaired) electrons. The third-order valence-electron chi connectivity index (χ3n) is 4.71. The lowest BCUT2D eigenvalue weighted by Crippen LogP contribution is -2.46. The van der Waals surface area contributed by atoms with E-state index in [1.165, 1.54) is 23.9 Å². The number of H-pyrrole nitrogens is 1. The third-order valence-corrected chi connectivity index (χ3v) is 5.98. The van der Waals surface area contributed by atoms with Gasteiger partial charge in [-0.2, -0.15) is 0 Å². The first-order chi connectivity index (χ1) is 13.1. The van der Waals surface area contributed by atoms with E-state index < -0.39 is 0 Å². The molecule has 3 aromatic heterocycles. The summed E-state index contributed by atoms with van der Waals surface area (Å²) < 4.78 is 5.66. The van der Waals surface area contributed by atoms with E-state index in [1.807, 2.05) is 18.3 Å². The van der Waals surface area contributed by atoms with Crippen LogP contribution in [0.3, 0.4) is 0 Å². The number of thiophene rings is 1. The number of hydrogen-bond acceptors (Lipinski definition) is 4. The van der Waals surface area contributed by atoms with Gasteiger partial charge < -0.3 is 19.6 Å². The van der Waals surface area contributed by atoms with E-state index in [0.29, 0.717) is 28.6 Å². The van der Waals surface area contributed by atoms with Crippen LogP contribution >= 0.6 is 22.9 Å². The molecule has 1 aliphatic heterocycles. The normalized spacial score (nSPS) is 15.1. The number of carbonyl (C=O) groups is 2. The summed E-state index contributed by atoms with van der Waals surface area (Å²) in [6.07, 6.45) is 7.91. The highest BCUT2D eigenvalue weighted by Crippen LogP contribution is 2.33. The van der Waals surface area contributed by atoms with Crippen molar-refractivity contribution in [2.24, 2.45) is 0 Å². The highest BCUT2D eigenvalue weighted by atomic mass is 35.5. The molecule has 2 amide bonds. The van der Waals surface area contributed by atoms with E-state index in [0.717, 1.165) is 23.3 Å². The Morgan fingerprint density at radius 3 is 2.70 bits per heavy atom. The standard InChI is InChI=1S/C19H18ClN3O3S/c20-17-2-1-16(27-17)14-9-21-10-15(14)18(24)22-13-3-6-23(7-4-13)19(25)12-5-8-26-11-12/h1-2,5,8-11,13,21H,3-4,6-7H2,(H,22,24). The van der Waals surface area contributed by atoms with Gasteiger partial charge in [0.25, 0.3) is 11.8 Å². The van der Waals surface area contributed by atoms with Crippen molar-refractivity contribution in [2.45, 2.75) is 18.9 Å². The van der Waals surface area contributed by atoms with Crippen molar-refractivity contribution < 1.29 is 14.0 Å². The molecule has 140 valence electrons. The van der Waals surface area contributed by atoms with Crippen molar-refractivity contribution in [1.82, 2.24) is 15.2 Å². The molecule has 0 unspecified atom stereocenters. The van der Waals surface area contributed by atoms with E-state index in [9.17, 15) is 9.59 Å². The highest BCUT2D eigenvalue weighted by molar-refractivity contribution is 7.19. The number of aromatic nitrogens is 1. The molecule has 2 N–H and O–H groups in total. The van der Waals surface area contributed by atoms with Crippen molar-refractivity contribution >= 4 is 34.8 Å². The number of rotatable bonds is 4. The van der Waals surface area contributed by atoms with Crippen molar-refractivity contribution in [2.75, 3.05) is 13.1 Å². The number of likely N-dealkylation sites (tertiary alicyclic amines) is 1. The molecule has 0 bridgehead atoms. The average Bonchev–Trinajstić information content (AvgIpc) is 3.42. The number of amides is 2. The Morgan fingerprint density at radius 2 is 2.04 bits per heavy atom. The van der Waals surface area contributed by atoms with Gasteiger partial charge in [0.15, 0.2) is 0 Å². The molecular weight excluding hydrogens is 386 g/mol. The minimum atomic E-state index is -0.115. The molecule has 0 spiro atoms. The van der Waals surface area contributed by atoms with E-state index >= 15 is 0 Å². The first kappa shape index (κ1) is 17.9. The minimum absolute atomic E-state index is 0.0315. The molecule has 0 saturated carbocycles. The summed E-state index contributed by atoms with van der Waals surface area (Å²) in [6.45, 7) is 1.21. The number of halogens is 1. The van der Waals surface area contributed by atoms with Gasteiger partial charge in [0.05, 0.1) is 21.7 Å². The van der Waals surface area contributed by atoms with Gasteiger partial charge in [-0.25, -0.2) is 0 Å². The van der Waals surface area contributed by atoms with Crippen LogP contribution < -0.4 is 5.32 Å². The molecule has 8 heteroatoms. The molecular formula is C19H18ClN3O3S. The predicted molar refractivity (Wildman–Crippen MR) is 104 cm³/mol. The van der Waals surface area contributed by atoms with E-state index in [4.69, 9.17) is 16.0 Å². The zero-order valence-electron chi connectivity index (χ0n) is 14.4. The van der Waals surface area contributed by atoms with Gasteiger partial charge in [0.1, 0.15) is 6.26 Å². The fourth-order valence-electron chi connectivity index (χ4n) is 3.27. The Bertz CT molecular complexity index is 939. The second-order valence-corrected chi connectivity index (χ2v) is 8.15. The zero-order valence-corrected chi connectivity index (χ0v) is 16.0. The summed E-state index contributed by atoms with van der Waals surface area (Å²) in [5.41, 5.74) is 2.01. The van der Waals surface area contributed by atoms with Crippen molar-refractivity contribution in [3.63, 3.8) is 0 Å². The number of aromatic amines is 1. The van der Waals surface area contributed by atoms with E-state index in [2.05, 4.69) is 10.3 Å². The summed E-state index contributed by atoms with van der Waals surface area (Å²) in [5, 5.41) is 3.09. The maximum atomic E-state index is 12.7. The molecule has 1 fully saturated rings. The summed E-state index contributed by atoms with van der Waals surface area (Å²) >= 11 is 7.45. The monoisotopic (exact) mass is 403 g/mol.